The Bertz CT molecular complexity index is 281. The number of hydrogen-bond donors (Lipinski definition) is 0. The molecular weight excluding hydrogens is 154 g/mol. The van der Waals surface area contributed by atoms with Gasteiger partial charge in [-0.25, -0.2) is 0 Å². The molecule has 0 unspecified atom stereocenters. The van der Waals surface area contributed by atoms with E-state index < -0.39 is 0 Å². The van der Waals surface area contributed by atoms with Crippen LogP contribution in [0.15, 0.2) is 23.1 Å². The minimum absolute atomic E-state index is 0.127. The fourth-order valence-electron chi connectivity index (χ4n) is 0.590. The van der Waals surface area contributed by atoms with E-state index in [0.717, 1.165) is 0 Å². The summed E-state index contributed by atoms with van der Waals surface area (Å²) in [7, 11) is 1.47. The molecule has 54 valence electrons. The van der Waals surface area contributed by atoms with E-state index >= 15 is 0 Å². The predicted molar refractivity (Wildman–Crippen MR) is 38.2 cm³/mol. The number of rotatable bonds is 1. The zero-order valence-electron chi connectivity index (χ0n) is 5.37. The number of hydrogen-bond acceptors (Lipinski definition) is 2. The van der Waals surface area contributed by atoms with Gasteiger partial charge in [-0.3, -0.25) is 4.79 Å². The maximum Gasteiger partial charge on any atom is 0.183 e. The molecule has 0 bridgehead atoms. The standard InChI is InChI=1S/C6H6ClNO2/c1-10-8-3-2-5(9)4-6(8)7/h2-4H,1H3. The van der Waals surface area contributed by atoms with E-state index in [-0.39, 0.29) is 10.6 Å². The fourth-order valence-corrected chi connectivity index (χ4v) is 0.822. The van der Waals surface area contributed by atoms with Gasteiger partial charge in [0.25, 0.3) is 0 Å². The summed E-state index contributed by atoms with van der Waals surface area (Å²) >= 11 is 5.57. The van der Waals surface area contributed by atoms with E-state index in [1.807, 2.05) is 0 Å². The van der Waals surface area contributed by atoms with Crippen LogP contribution in [0, 0.1) is 0 Å². The van der Waals surface area contributed by atoms with Crippen LogP contribution in [0.3, 0.4) is 0 Å². The summed E-state index contributed by atoms with van der Waals surface area (Å²) in [6, 6.07) is 2.65. The molecule has 1 aromatic heterocycles. The highest BCUT2D eigenvalue weighted by Gasteiger charge is 1.93. The number of pyridine rings is 1. The molecule has 1 aromatic rings. The molecular formula is C6H6ClNO2. The van der Waals surface area contributed by atoms with Gasteiger partial charge in [-0.05, 0) is 0 Å². The molecule has 0 N–H and O–H groups in total. The van der Waals surface area contributed by atoms with Crippen LogP contribution in [-0.2, 0) is 0 Å². The van der Waals surface area contributed by atoms with Crippen molar-refractivity contribution in [2.45, 2.75) is 0 Å². The second kappa shape index (κ2) is 2.75. The summed E-state index contributed by atoms with van der Waals surface area (Å²) in [5.41, 5.74) is -0.127. The third kappa shape index (κ3) is 1.30. The summed E-state index contributed by atoms with van der Waals surface area (Å²) in [5, 5.41) is 0.273. The molecule has 0 aromatic carbocycles. The Balaban J connectivity index is 3.19. The number of halogens is 1. The average molecular weight is 160 g/mol. The Morgan fingerprint density at radius 1 is 1.70 bits per heavy atom. The first-order valence-electron chi connectivity index (χ1n) is 2.67. The van der Waals surface area contributed by atoms with E-state index in [1.54, 1.807) is 0 Å². The lowest BCUT2D eigenvalue weighted by Gasteiger charge is -2.03. The van der Waals surface area contributed by atoms with Crippen LogP contribution in [0.25, 0.3) is 0 Å². The van der Waals surface area contributed by atoms with Gasteiger partial charge in [-0.2, -0.15) is 4.73 Å². The molecule has 0 atom stereocenters. The van der Waals surface area contributed by atoms with Crippen molar-refractivity contribution >= 4 is 11.6 Å². The Morgan fingerprint density at radius 3 is 2.90 bits per heavy atom. The molecule has 0 aliphatic carbocycles. The zero-order chi connectivity index (χ0) is 7.56. The summed E-state index contributed by atoms with van der Waals surface area (Å²) in [4.78, 5) is 15.4. The van der Waals surface area contributed by atoms with E-state index in [0.29, 0.717) is 0 Å². The Hall–Kier alpha value is -0.960. The van der Waals surface area contributed by atoms with Crippen molar-refractivity contribution < 1.29 is 4.84 Å². The molecule has 0 saturated carbocycles. The van der Waals surface area contributed by atoms with Crippen molar-refractivity contribution in [3.8, 4) is 0 Å². The van der Waals surface area contributed by atoms with Gasteiger partial charge in [0.15, 0.2) is 5.43 Å². The molecule has 3 nitrogen and oxygen atoms in total. The lowest BCUT2D eigenvalue weighted by atomic mass is 10.5. The molecule has 0 spiro atoms. The van der Waals surface area contributed by atoms with Crippen LogP contribution >= 0.6 is 11.6 Å². The minimum Gasteiger partial charge on any atom is -0.416 e. The summed E-state index contributed by atoms with van der Waals surface area (Å²) < 4.78 is 1.29. The van der Waals surface area contributed by atoms with Crippen molar-refractivity contribution in [2.24, 2.45) is 0 Å². The maximum atomic E-state index is 10.6. The molecule has 0 fully saturated rings. The predicted octanol–water partition coefficient (Wildman–Crippen LogP) is 0.560. The van der Waals surface area contributed by atoms with Crippen LogP contribution in [0.4, 0.5) is 0 Å². The summed E-state index contributed by atoms with van der Waals surface area (Å²) in [6.45, 7) is 0. The van der Waals surface area contributed by atoms with Gasteiger partial charge in [0.05, 0.1) is 0 Å². The SMILES string of the molecule is COn1ccc(=O)cc1Cl. The van der Waals surface area contributed by atoms with Crippen LogP contribution in [0.5, 0.6) is 0 Å². The quantitative estimate of drug-likeness (QED) is 0.561. The number of nitrogens with zero attached hydrogens (tertiary/aromatic N) is 1. The molecule has 0 saturated heterocycles. The minimum atomic E-state index is -0.127. The first-order valence-corrected chi connectivity index (χ1v) is 3.04. The van der Waals surface area contributed by atoms with Crippen molar-refractivity contribution in [1.82, 2.24) is 4.73 Å². The van der Waals surface area contributed by atoms with Crippen LogP contribution in [0.2, 0.25) is 5.15 Å². The van der Waals surface area contributed by atoms with Gasteiger partial charge in [-0.1, -0.05) is 11.6 Å². The largest absolute Gasteiger partial charge is 0.416 e. The lowest BCUT2D eigenvalue weighted by Crippen LogP contribution is -2.10. The highest BCUT2D eigenvalue weighted by molar-refractivity contribution is 6.29. The van der Waals surface area contributed by atoms with Crippen LogP contribution in [0.1, 0.15) is 0 Å². The summed E-state index contributed by atoms with van der Waals surface area (Å²) in [6.07, 6.45) is 1.46. The molecule has 10 heavy (non-hydrogen) atoms. The average Bonchev–Trinajstić information content (AvgIpc) is 1.88. The maximum absolute atomic E-state index is 10.6. The topological polar surface area (TPSA) is 31.2 Å². The van der Waals surface area contributed by atoms with E-state index in [4.69, 9.17) is 16.4 Å². The Labute approximate surface area is 62.8 Å². The van der Waals surface area contributed by atoms with Gasteiger partial charge >= 0.3 is 0 Å². The lowest BCUT2D eigenvalue weighted by molar-refractivity contribution is 0.166. The summed E-state index contributed by atoms with van der Waals surface area (Å²) in [5.74, 6) is 0. The fraction of sp³-hybridized carbons (Fsp3) is 0.167. The highest BCUT2D eigenvalue weighted by atomic mass is 35.5. The molecule has 0 amide bonds. The van der Waals surface area contributed by atoms with E-state index in [9.17, 15) is 4.79 Å². The van der Waals surface area contributed by atoms with E-state index in [2.05, 4.69) is 0 Å². The van der Waals surface area contributed by atoms with Gasteiger partial charge in [0.1, 0.15) is 12.3 Å². The third-order valence-electron chi connectivity index (χ3n) is 1.04. The first-order chi connectivity index (χ1) is 4.74. The molecule has 0 aliphatic heterocycles. The third-order valence-corrected chi connectivity index (χ3v) is 1.32. The van der Waals surface area contributed by atoms with Crippen LogP contribution < -0.4 is 10.3 Å². The molecule has 4 heteroatoms. The van der Waals surface area contributed by atoms with Gasteiger partial charge in [-0.15, -0.1) is 0 Å². The Kier molecular flexibility index (Phi) is 1.97. The van der Waals surface area contributed by atoms with Crippen molar-refractivity contribution in [3.05, 3.63) is 33.7 Å². The molecule has 1 heterocycles. The number of aromatic nitrogens is 1. The highest BCUT2D eigenvalue weighted by Crippen LogP contribution is 2.00. The van der Waals surface area contributed by atoms with E-state index in [1.165, 1.54) is 30.2 Å². The second-order valence-corrected chi connectivity index (χ2v) is 2.08. The molecule has 1 rings (SSSR count). The van der Waals surface area contributed by atoms with Gasteiger partial charge in [0.2, 0.25) is 0 Å². The second-order valence-electron chi connectivity index (χ2n) is 1.69. The monoisotopic (exact) mass is 159 g/mol. The molecule has 0 aliphatic rings. The zero-order valence-corrected chi connectivity index (χ0v) is 6.13. The first kappa shape index (κ1) is 7.15. The van der Waals surface area contributed by atoms with Crippen molar-refractivity contribution in [1.29, 1.82) is 0 Å². The van der Waals surface area contributed by atoms with Gasteiger partial charge < -0.3 is 4.84 Å². The van der Waals surface area contributed by atoms with Gasteiger partial charge in [0, 0.05) is 18.3 Å². The normalized spacial score (nSPS) is 9.40. The van der Waals surface area contributed by atoms with Crippen LogP contribution in [-0.4, -0.2) is 11.8 Å². The van der Waals surface area contributed by atoms with Crippen molar-refractivity contribution in [2.75, 3.05) is 7.11 Å². The Morgan fingerprint density at radius 2 is 2.40 bits per heavy atom. The smallest absolute Gasteiger partial charge is 0.183 e. The molecule has 0 radical (unpaired) electrons. The van der Waals surface area contributed by atoms with Crippen molar-refractivity contribution in [3.63, 3.8) is 0 Å².